The van der Waals surface area contributed by atoms with E-state index >= 15 is 0 Å². The molecule has 0 N–H and O–H groups in total. The number of aromatic nitrogens is 1. The summed E-state index contributed by atoms with van der Waals surface area (Å²) in [5.74, 6) is 1.06. The molecule has 132 valence electrons. The van der Waals surface area contributed by atoms with E-state index in [-0.39, 0.29) is 5.56 Å². The predicted molar refractivity (Wildman–Crippen MR) is 99.9 cm³/mol. The van der Waals surface area contributed by atoms with Gasteiger partial charge in [-0.1, -0.05) is 30.3 Å². The van der Waals surface area contributed by atoms with E-state index < -0.39 is 0 Å². The van der Waals surface area contributed by atoms with Crippen molar-refractivity contribution in [2.45, 2.75) is 25.3 Å². The number of hydrogen-bond donors (Lipinski definition) is 0. The molecule has 3 heterocycles. The van der Waals surface area contributed by atoms with E-state index in [0.717, 1.165) is 50.3 Å². The van der Waals surface area contributed by atoms with Gasteiger partial charge in [-0.25, -0.2) is 0 Å². The van der Waals surface area contributed by atoms with E-state index in [0.29, 0.717) is 11.8 Å². The molecule has 2 bridgehead atoms. The maximum absolute atomic E-state index is 12.7. The minimum absolute atomic E-state index is 0.152. The number of nitrogens with zero attached hydrogens (tertiary/aromatic N) is 2. The third-order valence-electron chi connectivity index (χ3n) is 5.56. The van der Waals surface area contributed by atoms with Crippen LogP contribution >= 0.6 is 0 Å². The molecule has 1 aromatic heterocycles. The average Bonchev–Trinajstić information content (AvgIpc) is 2.63. The molecule has 2 aromatic rings. The van der Waals surface area contributed by atoms with Crippen LogP contribution in [0.5, 0.6) is 0 Å². The molecule has 1 aromatic carbocycles. The van der Waals surface area contributed by atoms with Crippen LogP contribution in [0.25, 0.3) is 11.1 Å². The van der Waals surface area contributed by atoms with Crippen molar-refractivity contribution in [2.75, 3.05) is 33.4 Å². The number of piperidine rings is 1. The molecule has 0 spiro atoms. The first kappa shape index (κ1) is 16.6. The molecule has 4 rings (SSSR count). The molecule has 2 aliphatic rings. The molecular formula is C21H26N2O2. The Morgan fingerprint density at radius 2 is 1.92 bits per heavy atom. The Bertz CT molecular complexity index is 784. The van der Waals surface area contributed by atoms with Gasteiger partial charge in [-0.15, -0.1) is 0 Å². The highest BCUT2D eigenvalue weighted by atomic mass is 16.5. The molecular weight excluding hydrogens is 312 g/mol. The maximum Gasteiger partial charge on any atom is 0.251 e. The SMILES string of the molecule is COCCCN1C[C@@H]2C[C@H](C1)c1cc(-c3ccccc3)cc(=O)n1C2. The second kappa shape index (κ2) is 7.14. The van der Waals surface area contributed by atoms with Gasteiger partial charge in [0.1, 0.15) is 0 Å². The lowest BCUT2D eigenvalue weighted by Gasteiger charge is -2.43. The molecule has 0 unspecified atom stereocenters. The van der Waals surface area contributed by atoms with Crippen LogP contribution in [0.15, 0.2) is 47.3 Å². The van der Waals surface area contributed by atoms with Gasteiger partial charge < -0.3 is 14.2 Å². The molecule has 0 radical (unpaired) electrons. The van der Waals surface area contributed by atoms with Crippen LogP contribution in [0.3, 0.4) is 0 Å². The van der Waals surface area contributed by atoms with Crippen molar-refractivity contribution < 1.29 is 4.74 Å². The maximum atomic E-state index is 12.7. The van der Waals surface area contributed by atoms with Crippen LogP contribution in [0, 0.1) is 5.92 Å². The standard InChI is InChI=1S/C21H26N2O2/c1-25-9-5-8-22-13-16-10-19(15-22)20-11-18(12-21(24)23(20)14-16)17-6-3-2-4-7-17/h2-4,6-7,11-12,16,19H,5,8-10,13-15H2,1H3/t16-,19+/m0/s1. The van der Waals surface area contributed by atoms with Gasteiger partial charge in [0, 0.05) is 57.6 Å². The van der Waals surface area contributed by atoms with Gasteiger partial charge >= 0.3 is 0 Å². The number of ether oxygens (including phenoxy) is 1. The van der Waals surface area contributed by atoms with Crippen molar-refractivity contribution in [3.05, 3.63) is 58.5 Å². The van der Waals surface area contributed by atoms with E-state index in [1.165, 1.54) is 12.1 Å². The Balaban J connectivity index is 1.62. The minimum atomic E-state index is 0.152. The van der Waals surface area contributed by atoms with E-state index in [2.05, 4.69) is 23.1 Å². The lowest BCUT2D eigenvalue weighted by Crippen LogP contribution is -2.47. The molecule has 4 nitrogen and oxygen atoms in total. The zero-order valence-electron chi connectivity index (χ0n) is 14.9. The number of benzene rings is 1. The highest BCUT2D eigenvalue weighted by Crippen LogP contribution is 2.36. The third kappa shape index (κ3) is 3.42. The summed E-state index contributed by atoms with van der Waals surface area (Å²) in [5, 5.41) is 0. The lowest BCUT2D eigenvalue weighted by atomic mass is 9.82. The van der Waals surface area contributed by atoms with Crippen LogP contribution < -0.4 is 5.56 Å². The Kier molecular flexibility index (Phi) is 4.73. The highest BCUT2D eigenvalue weighted by Gasteiger charge is 2.34. The number of fused-ring (bicyclic) bond motifs is 4. The van der Waals surface area contributed by atoms with Gasteiger partial charge in [-0.3, -0.25) is 4.79 Å². The molecule has 25 heavy (non-hydrogen) atoms. The Morgan fingerprint density at radius 1 is 1.08 bits per heavy atom. The van der Waals surface area contributed by atoms with Crippen LogP contribution in [0.1, 0.15) is 24.5 Å². The summed E-state index contributed by atoms with van der Waals surface area (Å²) >= 11 is 0. The van der Waals surface area contributed by atoms with Crippen LogP contribution in [-0.4, -0.2) is 42.8 Å². The summed E-state index contributed by atoms with van der Waals surface area (Å²) in [6.45, 7) is 4.93. The fourth-order valence-electron chi connectivity index (χ4n) is 4.47. The zero-order chi connectivity index (χ0) is 17.2. The van der Waals surface area contributed by atoms with E-state index in [9.17, 15) is 4.79 Å². The van der Waals surface area contributed by atoms with Crippen molar-refractivity contribution in [1.29, 1.82) is 0 Å². The Hall–Kier alpha value is -1.91. The molecule has 2 aliphatic heterocycles. The largest absolute Gasteiger partial charge is 0.385 e. The fourth-order valence-corrected chi connectivity index (χ4v) is 4.47. The summed E-state index contributed by atoms with van der Waals surface area (Å²) in [6.07, 6.45) is 2.28. The molecule has 0 amide bonds. The van der Waals surface area contributed by atoms with Gasteiger partial charge in [-0.2, -0.15) is 0 Å². The topological polar surface area (TPSA) is 34.5 Å². The second-order valence-electron chi connectivity index (χ2n) is 7.39. The lowest BCUT2D eigenvalue weighted by molar-refractivity contribution is 0.106. The molecule has 1 fully saturated rings. The van der Waals surface area contributed by atoms with Crippen LogP contribution in [0.4, 0.5) is 0 Å². The Morgan fingerprint density at radius 3 is 2.72 bits per heavy atom. The fraction of sp³-hybridized carbons (Fsp3) is 0.476. The van der Waals surface area contributed by atoms with E-state index in [1.54, 1.807) is 13.2 Å². The monoisotopic (exact) mass is 338 g/mol. The van der Waals surface area contributed by atoms with Crippen molar-refractivity contribution >= 4 is 0 Å². The first-order chi connectivity index (χ1) is 12.2. The van der Waals surface area contributed by atoms with Crippen molar-refractivity contribution in [2.24, 2.45) is 5.92 Å². The predicted octanol–water partition coefficient (Wildman–Crippen LogP) is 2.97. The quantitative estimate of drug-likeness (QED) is 0.786. The van der Waals surface area contributed by atoms with E-state index in [1.807, 2.05) is 22.8 Å². The van der Waals surface area contributed by atoms with Gasteiger partial charge in [-0.05, 0) is 36.0 Å². The number of rotatable bonds is 5. The van der Waals surface area contributed by atoms with Gasteiger partial charge in [0.2, 0.25) is 0 Å². The van der Waals surface area contributed by atoms with Crippen LogP contribution in [-0.2, 0) is 11.3 Å². The summed E-state index contributed by atoms with van der Waals surface area (Å²) in [4.78, 5) is 15.3. The minimum Gasteiger partial charge on any atom is -0.385 e. The number of pyridine rings is 1. The highest BCUT2D eigenvalue weighted by molar-refractivity contribution is 5.63. The zero-order valence-corrected chi connectivity index (χ0v) is 14.9. The van der Waals surface area contributed by atoms with Crippen molar-refractivity contribution in [3.63, 3.8) is 0 Å². The molecule has 1 saturated heterocycles. The first-order valence-electron chi connectivity index (χ1n) is 9.26. The summed E-state index contributed by atoms with van der Waals surface area (Å²) in [6, 6.07) is 14.3. The number of hydrogen-bond acceptors (Lipinski definition) is 3. The van der Waals surface area contributed by atoms with Crippen molar-refractivity contribution in [3.8, 4) is 11.1 Å². The molecule has 0 saturated carbocycles. The summed E-state index contributed by atoms with van der Waals surface area (Å²) < 4.78 is 7.22. The molecule has 2 atom stereocenters. The smallest absolute Gasteiger partial charge is 0.251 e. The molecule has 4 heteroatoms. The molecule has 0 aliphatic carbocycles. The van der Waals surface area contributed by atoms with Gasteiger partial charge in [0.25, 0.3) is 5.56 Å². The first-order valence-corrected chi connectivity index (χ1v) is 9.26. The second-order valence-corrected chi connectivity index (χ2v) is 7.39. The third-order valence-corrected chi connectivity index (χ3v) is 5.56. The number of likely N-dealkylation sites (tertiary alicyclic amines) is 1. The van der Waals surface area contributed by atoms with E-state index in [4.69, 9.17) is 4.74 Å². The normalized spacial score (nSPS) is 22.6. The van der Waals surface area contributed by atoms with Gasteiger partial charge in [0.05, 0.1) is 0 Å². The summed E-state index contributed by atoms with van der Waals surface area (Å²) in [7, 11) is 1.76. The average molecular weight is 338 g/mol. The van der Waals surface area contributed by atoms with Crippen molar-refractivity contribution in [1.82, 2.24) is 9.47 Å². The Labute approximate surface area is 149 Å². The number of methoxy groups -OCH3 is 1. The van der Waals surface area contributed by atoms with Crippen LogP contribution in [0.2, 0.25) is 0 Å². The van der Waals surface area contributed by atoms with Gasteiger partial charge in [0.15, 0.2) is 0 Å². The summed E-state index contributed by atoms with van der Waals surface area (Å²) in [5.41, 5.74) is 3.54.